The van der Waals surface area contributed by atoms with Gasteiger partial charge >= 0.3 is 6.09 Å². The summed E-state index contributed by atoms with van der Waals surface area (Å²) in [6.07, 6.45) is 5.47. The van der Waals surface area contributed by atoms with Gasteiger partial charge in [-0.1, -0.05) is 59.6 Å². The van der Waals surface area contributed by atoms with Crippen LogP contribution in [0.15, 0.2) is 67.0 Å². The number of fused-ring (bicyclic) bond motifs is 2. The molecule has 49 heavy (non-hydrogen) atoms. The number of aromatic nitrogens is 5. The molecule has 0 radical (unpaired) electrons. The maximum Gasteiger partial charge on any atom is 0.408 e. The van der Waals surface area contributed by atoms with E-state index in [9.17, 15) is 4.79 Å². The van der Waals surface area contributed by atoms with Gasteiger partial charge < -0.3 is 24.4 Å². The SMILES string of the molecule is COc1ccc(Cn2nc(Oc3ccnc(Cl)c3Cl)c3ncc(N4CCC5(CC4)Cc4ccccc4[C@H]5NC(=O)OC(C)(C)C)nc32)cc1. The lowest BCUT2D eigenvalue weighted by Crippen LogP contribution is -2.48. The predicted octanol–water partition coefficient (Wildman–Crippen LogP) is 7.79. The second kappa shape index (κ2) is 13.0. The van der Waals surface area contributed by atoms with E-state index >= 15 is 0 Å². The third-order valence-electron chi connectivity index (χ3n) is 9.17. The first kappa shape index (κ1) is 32.9. The number of rotatable bonds is 7. The largest absolute Gasteiger partial charge is 0.497 e. The normalized spacial score (nSPS) is 16.9. The number of methoxy groups -OCH3 is 1. The second-order valence-electron chi connectivity index (χ2n) is 13.5. The summed E-state index contributed by atoms with van der Waals surface area (Å²) in [5.41, 5.74) is 3.76. The average Bonchev–Trinajstić information content (AvgIpc) is 3.56. The molecule has 1 aliphatic carbocycles. The van der Waals surface area contributed by atoms with Gasteiger partial charge in [-0.2, -0.15) is 0 Å². The number of hydrogen-bond donors (Lipinski definition) is 1. The molecule has 7 rings (SSSR count). The highest BCUT2D eigenvalue weighted by Gasteiger charge is 2.48. The molecule has 1 N–H and O–H groups in total. The van der Waals surface area contributed by atoms with E-state index in [1.807, 2.05) is 51.1 Å². The summed E-state index contributed by atoms with van der Waals surface area (Å²) < 4.78 is 18.9. The van der Waals surface area contributed by atoms with Crippen molar-refractivity contribution in [3.8, 4) is 17.4 Å². The van der Waals surface area contributed by atoms with Gasteiger partial charge in [-0.15, -0.1) is 5.10 Å². The Morgan fingerprint density at radius 3 is 2.53 bits per heavy atom. The van der Waals surface area contributed by atoms with Crippen molar-refractivity contribution in [3.63, 3.8) is 0 Å². The van der Waals surface area contributed by atoms with Crippen molar-refractivity contribution < 1.29 is 19.0 Å². The van der Waals surface area contributed by atoms with Gasteiger partial charge in [0.05, 0.1) is 25.9 Å². The number of anilines is 1. The summed E-state index contributed by atoms with van der Waals surface area (Å²) in [4.78, 5) is 29.2. The van der Waals surface area contributed by atoms with Gasteiger partial charge in [-0.3, -0.25) is 0 Å². The van der Waals surface area contributed by atoms with Crippen LogP contribution in [0.2, 0.25) is 10.2 Å². The van der Waals surface area contributed by atoms with Crippen molar-refractivity contribution in [3.05, 3.63) is 93.9 Å². The number of ether oxygens (including phenoxy) is 3. The molecular formula is C36H37Cl2N7O4. The summed E-state index contributed by atoms with van der Waals surface area (Å²) in [6.45, 7) is 7.53. The Morgan fingerprint density at radius 1 is 1.04 bits per heavy atom. The van der Waals surface area contributed by atoms with Crippen molar-refractivity contribution in [2.24, 2.45) is 5.41 Å². The maximum atomic E-state index is 13.0. The van der Waals surface area contributed by atoms with Gasteiger partial charge in [0.15, 0.2) is 22.1 Å². The minimum absolute atomic E-state index is 0.131. The van der Waals surface area contributed by atoms with Crippen LogP contribution in [0, 0.1) is 5.41 Å². The molecule has 0 unspecified atom stereocenters. The number of nitrogens with zero attached hydrogens (tertiary/aromatic N) is 6. The Bertz CT molecular complexity index is 2000. The van der Waals surface area contributed by atoms with Crippen LogP contribution < -0.4 is 19.7 Å². The third kappa shape index (κ3) is 6.69. The molecule has 0 saturated carbocycles. The fourth-order valence-corrected chi connectivity index (χ4v) is 7.12. The molecule has 1 spiro atoms. The monoisotopic (exact) mass is 701 g/mol. The van der Waals surface area contributed by atoms with E-state index in [0.29, 0.717) is 23.5 Å². The van der Waals surface area contributed by atoms with Gasteiger partial charge in [0.1, 0.15) is 22.2 Å². The minimum Gasteiger partial charge on any atom is -0.497 e. The Hall–Kier alpha value is -4.61. The summed E-state index contributed by atoms with van der Waals surface area (Å²) in [5.74, 6) is 2.07. The molecule has 0 bridgehead atoms. The van der Waals surface area contributed by atoms with Crippen LogP contribution in [0.3, 0.4) is 0 Å². The van der Waals surface area contributed by atoms with E-state index in [2.05, 4.69) is 33.4 Å². The van der Waals surface area contributed by atoms with Gasteiger partial charge in [-0.25, -0.2) is 24.4 Å². The summed E-state index contributed by atoms with van der Waals surface area (Å²) in [6, 6.07) is 17.6. The van der Waals surface area contributed by atoms with Crippen LogP contribution in [0.5, 0.6) is 17.4 Å². The van der Waals surface area contributed by atoms with Crippen molar-refractivity contribution in [2.75, 3.05) is 25.1 Å². The number of halogens is 2. The number of carbonyl (C=O) groups excluding carboxylic acids is 1. The molecule has 254 valence electrons. The molecule has 3 aromatic heterocycles. The molecule has 5 aromatic rings. The van der Waals surface area contributed by atoms with Gasteiger partial charge in [-0.05, 0) is 68.9 Å². The number of carbonyl (C=O) groups is 1. The summed E-state index contributed by atoms with van der Waals surface area (Å²) >= 11 is 12.5. The van der Waals surface area contributed by atoms with Crippen LogP contribution in [0.4, 0.5) is 10.6 Å². The number of alkyl carbamates (subject to hydrolysis) is 1. The molecule has 2 aliphatic rings. The highest BCUT2D eigenvalue weighted by atomic mass is 35.5. The molecule has 1 amide bonds. The molecule has 1 atom stereocenters. The fourth-order valence-electron chi connectivity index (χ4n) is 6.82. The standard InChI is InChI=1S/C36H37Cl2N7O4/c1-35(2,3)49-34(46)42-30-25-8-6-5-7-23(25)19-36(30)14-17-44(18-15-36)27-20-40-29-32(41-27)45(21-22-9-11-24(47-4)12-10-22)43-33(29)48-26-13-16-39-31(38)28(26)37/h5-13,16,20,30H,14-15,17-19,21H2,1-4H3,(H,42,46)/t30-/m1/s1. The molecule has 1 fully saturated rings. The first-order chi connectivity index (χ1) is 23.5. The molecule has 1 saturated heterocycles. The van der Waals surface area contributed by atoms with Crippen LogP contribution in [-0.4, -0.2) is 56.6 Å². The van der Waals surface area contributed by atoms with Crippen LogP contribution in [-0.2, 0) is 17.7 Å². The lowest BCUT2D eigenvalue weighted by Gasteiger charge is -2.43. The van der Waals surface area contributed by atoms with Crippen LogP contribution in [0.1, 0.15) is 56.3 Å². The van der Waals surface area contributed by atoms with Gasteiger partial charge in [0.2, 0.25) is 0 Å². The molecular weight excluding hydrogens is 665 g/mol. The first-order valence-electron chi connectivity index (χ1n) is 16.2. The minimum atomic E-state index is -0.585. The number of pyridine rings is 1. The fraction of sp³-hybridized carbons (Fsp3) is 0.361. The van der Waals surface area contributed by atoms with Gasteiger partial charge in [0, 0.05) is 30.8 Å². The lowest BCUT2D eigenvalue weighted by atomic mass is 9.72. The quantitative estimate of drug-likeness (QED) is 0.170. The van der Waals surface area contributed by atoms with Crippen molar-refractivity contribution in [1.29, 1.82) is 0 Å². The van der Waals surface area contributed by atoms with Gasteiger partial charge in [0.25, 0.3) is 5.88 Å². The Morgan fingerprint density at radius 2 is 1.80 bits per heavy atom. The summed E-state index contributed by atoms with van der Waals surface area (Å²) in [7, 11) is 1.64. The number of piperidine rings is 1. The van der Waals surface area contributed by atoms with E-state index in [1.165, 1.54) is 11.8 Å². The number of nitrogens with one attached hydrogen (secondary N) is 1. The van der Waals surface area contributed by atoms with Crippen molar-refractivity contribution in [1.82, 2.24) is 30.0 Å². The average molecular weight is 703 g/mol. The van der Waals surface area contributed by atoms with Crippen LogP contribution >= 0.6 is 23.2 Å². The summed E-state index contributed by atoms with van der Waals surface area (Å²) in [5, 5.41) is 8.32. The van der Waals surface area contributed by atoms with E-state index < -0.39 is 11.7 Å². The molecule has 4 heterocycles. The zero-order valence-corrected chi connectivity index (χ0v) is 29.3. The topological polar surface area (TPSA) is 117 Å². The Balaban J connectivity index is 1.17. The zero-order valence-electron chi connectivity index (χ0n) is 27.7. The smallest absolute Gasteiger partial charge is 0.408 e. The highest BCUT2D eigenvalue weighted by molar-refractivity contribution is 6.42. The Kier molecular flexibility index (Phi) is 8.74. The number of amides is 1. The number of benzene rings is 2. The van der Waals surface area contributed by atoms with E-state index in [0.717, 1.165) is 55.0 Å². The first-order valence-corrected chi connectivity index (χ1v) is 16.9. The van der Waals surface area contributed by atoms with Crippen molar-refractivity contribution in [2.45, 2.75) is 58.2 Å². The van der Waals surface area contributed by atoms with E-state index in [1.54, 1.807) is 24.1 Å². The van der Waals surface area contributed by atoms with Crippen molar-refractivity contribution >= 4 is 46.3 Å². The molecule has 2 aromatic carbocycles. The third-order valence-corrected chi connectivity index (χ3v) is 9.92. The predicted molar refractivity (Wildman–Crippen MR) is 188 cm³/mol. The zero-order chi connectivity index (χ0) is 34.3. The lowest BCUT2D eigenvalue weighted by molar-refractivity contribution is 0.0428. The van der Waals surface area contributed by atoms with E-state index in [4.69, 9.17) is 52.5 Å². The van der Waals surface area contributed by atoms with Crippen LogP contribution in [0.25, 0.3) is 11.2 Å². The second-order valence-corrected chi connectivity index (χ2v) is 14.3. The van der Waals surface area contributed by atoms with E-state index in [-0.39, 0.29) is 27.5 Å². The molecule has 11 nitrogen and oxygen atoms in total. The maximum absolute atomic E-state index is 13.0. The Labute approximate surface area is 294 Å². The highest BCUT2D eigenvalue weighted by Crippen LogP contribution is 2.52. The molecule has 13 heteroatoms. The molecule has 1 aliphatic heterocycles. The number of hydrogen-bond acceptors (Lipinski definition) is 9.